The number of hydrogen-bond acceptors (Lipinski definition) is 4. The van der Waals surface area contributed by atoms with Crippen molar-refractivity contribution in [1.29, 1.82) is 0 Å². The number of nitrogens with zero attached hydrogens (tertiary/aromatic N) is 1. The number of nitrogens with one attached hydrogen (secondary N) is 1. The zero-order valence-electron chi connectivity index (χ0n) is 10.1. The Morgan fingerprint density at radius 3 is 2.94 bits per heavy atom. The molecule has 6 heteroatoms. The summed E-state index contributed by atoms with van der Waals surface area (Å²) in [5, 5.41) is 4.77. The molecule has 0 bridgehead atoms. The lowest BCUT2D eigenvalue weighted by Crippen LogP contribution is -2.28. The minimum absolute atomic E-state index is 0.446. The van der Waals surface area contributed by atoms with Crippen LogP contribution in [-0.4, -0.2) is 32.9 Å². The fourth-order valence-corrected chi connectivity index (χ4v) is 4.87. The topological polar surface area (TPSA) is 49.4 Å². The van der Waals surface area contributed by atoms with Crippen LogP contribution in [0, 0.1) is 5.92 Å². The Morgan fingerprint density at radius 2 is 2.35 bits per heavy atom. The molecule has 17 heavy (non-hydrogen) atoms. The summed E-state index contributed by atoms with van der Waals surface area (Å²) >= 11 is 1.49. The van der Waals surface area contributed by atoms with Gasteiger partial charge >= 0.3 is 0 Å². The van der Waals surface area contributed by atoms with Gasteiger partial charge in [0.05, 0.1) is 4.90 Å². The minimum Gasteiger partial charge on any atom is -0.315 e. The molecule has 0 aromatic carbocycles. The highest BCUT2D eigenvalue weighted by molar-refractivity contribution is 7.89. The molecule has 2 heterocycles. The third kappa shape index (κ3) is 2.70. The van der Waals surface area contributed by atoms with Gasteiger partial charge in [-0.05, 0) is 25.5 Å². The van der Waals surface area contributed by atoms with Gasteiger partial charge in [0.25, 0.3) is 0 Å². The minimum atomic E-state index is -3.25. The van der Waals surface area contributed by atoms with Gasteiger partial charge in [-0.15, -0.1) is 11.3 Å². The van der Waals surface area contributed by atoms with Crippen LogP contribution in [0.25, 0.3) is 0 Å². The molecule has 1 aliphatic heterocycles. The molecule has 1 fully saturated rings. The third-order valence-electron chi connectivity index (χ3n) is 3.01. The number of sulfonamides is 1. The highest BCUT2D eigenvalue weighted by Gasteiger charge is 2.31. The molecule has 1 saturated heterocycles. The van der Waals surface area contributed by atoms with E-state index >= 15 is 0 Å². The third-order valence-corrected chi connectivity index (χ3v) is 5.93. The van der Waals surface area contributed by atoms with Crippen LogP contribution in [0.3, 0.4) is 0 Å². The molecule has 0 saturated carbocycles. The zero-order chi connectivity index (χ0) is 12.5. The van der Waals surface area contributed by atoms with E-state index in [9.17, 15) is 8.42 Å². The summed E-state index contributed by atoms with van der Waals surface area (Å²) in [5.74, 6) is 0.472. The van der Waals surface area contributed by atoms with Gasteiger partial charge in [-0.1, -0.05) is 6.92 Å². The van der Waals surface area contributed by atoms with E-state index in [1.807, 2.05) is 7.05 Å². The van der Waals surface area contributed by atoms with Crippen LogP contribution in [0.5, 0.6) is 0 Å². The van der Waals surface area contributed by atoms with Crippen molar-refractivity contribution in [1.82, 2.24) is 9.62 Å². The first kappa shape index (κ1) is 13.0. The second-order valence-electron chi connectivity index (χ2n) is 4.54. The fraction of sp³-hybridized carbons (Fsp3) is 0.636. The zero-order valence-corrected chi connectivity index (χ0v) is 11.8. The van der Waals surface area contributed by atoms with E-state index < -0.39 is 10.0 Å². The van der Waals surface area contributed by atoms with Gasteiger partial charge in [-0.2, -0.15) is 4.31 Å². The van der Waals surface area contributed by atoms with Crippen molar-refractivity contribution in [2.24, 2.45) is 5.92 Å². The van der Waals surface area contributed by atoms with E-state index in [1.54, 1.807) is 15.8 Å². The lowest BCUT2D eigenvalue weighted by molar-refractivity contribution is 0.464. The molecule has 96 valence electrons. The van der Waals surface area contributed by atoms with Crippen molar-refractivity contribution in [3.8, 4) is 0 Å². The summed E-state index contributed by atoms with van der Waals surface area (Å²) < 4.78 is 26.2. The summed E-state index contributed by atoms with van der Waals surface area (Å²) in [6.45, 7) is 4.12. The number of rotatable bonds is 4. The molecule has 0 amide bonds. The Kier molecular flexibility index (Phi) is 3.87. The molecule has 0 spiro atoms. The molecule has 4 nitrogen and oxygen atoms in total. The van der Waals surface area contributed by atoms with Crippen molar-refractivity contribution in [3.05, 3.63) is 16.3 Å². The molecular formula is C11H18N2O2S2. The molecule has 1 aromatic rings. The summed E-state index contributed by atoms with van der Waals surface area (Å²) in [4.78, 5) is 1.50. The number of hydrogen-bond donors (Lipinski definition) is 1. The van der Waals surface area contributed by atoms with Crippen molar-refractivity contribution in [3.63, 3.8) is 0 Å². The highest BCUT2D eigenvalue weighted by Crippen LogP contribution is 2.27. The quantitative estimate of drug-likeness (QED) is 0.905. The van der Waals surface area contributed by atoms with E-state index in [4.69, 9.17) is 0 Å². The Morgan fingerprint density at radius 1 is 1.59 bits per heavy atom. The molecule has 2 rings (SSSR count). The van der Waals surface area contributed by atoms with Crippen LogP contribution in [0.1, 0.15) is 18.2 Å². The average molecular weight is 274 g/mol. The van der Waals surface area contributed by atoms with Crippen LogP contribution in [0.2, 0.25) is 0 Å². The lowest BCUT2D eigenvalue weighted by Gasteiger charge is -2.14. The van der Waals surface area contributed by atoms with Gasteiger partial charge in [0.2, 0.25) is 10.0 Å². The van der Waals surface area contributed by atoms with Crippen LogP contribution in [0.4, 0.5) is 0 Å². The Labute approximate surface area is 107 Å². The molecular weight excluding hydrogens is 256 g/mol. The molecule has 1 unspecified atom stereocenters. The van der Waals surface area contributed by atoms with Gasteiger partial charge in [-0.3, -0.25) is 0 Å². The Hall–Kier alpha value is -0.430. The van der Waals surface area contributed by atoms with Gasteiger partial charge in [0, 0.05) is 29.9 Å². The van der Waals surface area contributed by atoms with E-state index in [2.05, 4.69) is 12.2 Å². The molecule has 1 aliphatic rings. The van der Waals surface area contributed by atoms with Crippen molar-refractivity contribution < 1.29 is 8.42 Å². The maximum atomic E-state index is 12.3. The molecule has 1 aromatic heterocycles. The predicted molar refractivity (Wildman–Crippen MR) is 69.6 cm³/mol. The van der Waals surface area contributed by atoms with Gasteiger partial charge < -0.3 is 5.32 Å². The number of thiophene rings is 1. The second kappa shape index (κ2) is 5.06. The molecule has 1 atom stereocenters. The second-order valence-corrected chi connectivity index (χ2v) is 7.47. The van der Waals surface area contributed by atoms with Crippen molar-refractivity contribution in [2.75, 3.05) is 20.1 Å². The van der Waals surface area contributed by atoms with E-state index in [0.717, 1.165) is 17.8 Å². The first-order valence-corrected chi connectivity index (χ1v) is 8.08. The fourth-order valence-electron chi connectivity index (χ4n) is 2.02. The van der Waals surface area contributed by atoms with Crippen LogP contribution in [0.15, 0.2) is 16.3 Å². The summed E-state index contributed by atoms with van der Waals surface area (Å²) in [7, 11) is -1.40. The first-order valence-electron chi connectivity index (χ1n) is 5.76. The van der Waals surface area contributed by atoms with Crippen LogP contribution < -0.4 is 5.32 Å². The first-order chi connectivity index (χ1) is 8.04. The van der Waals surface area contributed by atoms with Crippen LogP contribution in [-0.2, 0) is 16.6 Å². The van der Waals surface area contributed by atoms with Crippen LogP contribution >= 0.6 is 11.3 Å². The molecule has 0 aliphatic carbocycles. The summed E-state index contributed by atoms with van der Waals surface area (Å²) in [5.41, 5.74) is 0. The van der Waals surface area contributed by atoms with E-state index in [-0.39, 0.29) is 0 Å². The average Bonchev–Trinajstić information content (AvgIpc) is 2.88. The standard InChI is InChI=1S/C11H18N2O2S2/c1-9-3-4-13(7-9)17(14,15)11-5-10(6-12-2)16-8-11/h5,8-9,12H,3-4,6-7H2,1-2H3. The monoisotopic (exact) mass is 274 g/mol. The largest absolute Gasteiger partial charge is 0.315 e. The maximum absolute atomic E-state index is 12.3. The Bertz CT molecular complexity index is 481. The smallest absolute Gasteiger partial charge is 0.243 e. The van der Waals surface area contributed by atoms with Crippen molar-refractivity contribution in [2.45, 2.75) is 24.8 Å². The van der Waals surface area contributed by atoms with E-state index in [0.29, 0.717) is 23.9 Å². The lowest BCUT2D eigenvalue weighted by atomic mass is 10.2. The summed E-state index contributed by atoms with van der Waals surface area (Å²) in [6, 6.07) is 1.78. The molecule has 0 radical (unpaired) electrons. The Balaban J connectivity index is 2.19. The van der Waals surface area contributed by atoms with Gasteiger partial charge in [-0.25, -0.2) is 8.42 Å². The molecule has 1 N–H and O–H groups in total. The predicted octanol–water partition coefficient (Wildman–Crippen LogP) is 1.50. The van der Waals surface area contributed by atoms with E-state index in [1.165, 1.54) is 11.3 Å². The maximum Gasteiger partial charge on any atom is 0.243 e. The normalized spacial score (nSPS) is 22.1. The highest BCUT2D eigenvalue weighted by atomic mass is 32.2. The van der Waals surface area contributed by atoms with Gasteiger partial charge in [0.1, 0.15) is 0 Å². The van der Waals surface area contributed by atoms with Gasteiger partial charge in [0.15, 0.2) is 0 Å². The summed E-state index contributed by atoms with van der Waals surface area (Å²) in [6.07, 6.45) is 0.965. The van der Waals surface area contributed by atoms with Crippen molar-refractivity contribution >= 4 is 21.4 Å². The SMILES string of the molecule is CNCc1cc(S(=O)(=O)N2CCC(C)C2)cs1.